The number of nitrogens with two attached hydrogens (primary N) is 2. The summed E-state index contributed by atoms with van der Waals surface area (Å²) in [6.45, 7) is 32.7. The van der Waals surface area contributed by atoms with Crippen LogP contribution < -0.4 is 51.6 Å². The molecular formula is C86H142BrLiN26O33. The molecule has 2 aromatic carbocycles. The van der Waals surface area contributed by atoms with E-state index >= 15 is 0 Å². The molecule has 61 heteroatoms. The number of amides is 10. The van der Waals surface area contributed by atoms with E-state index in [9.17, 15) is 76.7 Å². The van der Waals surface area contributed by atoms with Gasteiger partial charge in [0.15, 0.2) is 0 Å². The third-order valence-electron chi connectivity index (χ3n) is 16.7. The number of hydrogen-bond acceptors (Lipinski definition) is 39. The third-order valence-corrected chi connectivity index (χ3v) is 17.1. The number of rotatable bonds is 42. The number of azide groups is 5. The van der Waals surface area contributed by atoms with Crippen molar-refractivity contribution in [3.8, 4) is 0 Å². The van der Waals surface area contributed by atoms with Gasteiger partial charge in [-0.1, -0.05) is 61.1 Å². The molecule has 4 aliphatic heterocycles. The Morgan fingerprint density at radius 3 is 1.18 bits per heavy atom. The van der Waals surface area contributed by atoms with Crippen LogP contribution in [0.5, 0.6) is 0 Å². The quantitative estimate of drug-likeness (QED) is 0.00335. The number of aliphatic carboxylic acids is 1. The van der Waals surface area contributed by atoms with E-state index in [0.29, 0.717) is 106 Å². The number of carbonyl (C=O) groups is 16. The number of carboxylic acids is 1. The average molecular weight is 2160 g/mol. The molecule has 147 heavy (non-hydrogen) atoms. The maximum atomic E-state index is 13.0. The first-order valence-corrected chi connectivity index (χ1v) is 45.4. The Hall–Kier alpha value is -13.4. The number of nitrogen functional groups attached to an aromatic ring is 1. The number of imide groups is 2. The minimum absolute atomic E-state index is 0. The van der Waals surface area contributed by atoms with Crippen molar-refractivity contribution in [3.63, 3.8) is 0 Å². The summed E-state index contributed by atoms with van der Waals surface area (Å²) in [7, 11) is 2.58. The largest absolute Gasteiger partial charge is 1.00 e. The van der Waals surface area contributed by atoms with Gasteiger partial charge in [0.1, 0.15) is 65.1 Å². The van der Waals surface area contributed by atoms with Crippen LogP contribution in [-0.4, -0.2) is 360 Å². The van der Waals surface area contributed by atoms with Crippen molar-refractivity contribution in [3.05, 3.63) is 111 Å². The van der Waals surface area contributed by atoms with Crippen LogP contribution in [-0.2, 0) is 123 Å². The summed E-state index contributed by atoms with van der Waals surface area (Å²) in [6.07, 6.45) is -3.17. The number of benzene rings is 2. The van der Waals surface area contributed by atoms with Crippen LogP contribution in [0.1, 0.15) is 176 Å². The maximum Gasteiger partial charge on any atom is 1.00 e. The number of ether oxygens (including phenoxy) is 14. The van der Waals surface area contributed by atoms with Crippen LogP contribution in [0.25, 0.3) is 52.2 Å². The molecule has 2 aromatic rings. The van der Waals surface area contributed by atoms with Crippen molar-refractivity contribution in [2.45, 2.75) is 197 Å². The second-order valence-electron chi connectivity index (χ2n) is 34.1. The number of hydrogen-bond donors (Lipinski definition) is 7. The van der Waals surface area contributed by atoms with Crippen molar-refractivity contribution in [2.24, 2.45) is 31.3 Å². The number of piperidine rings is 2. The first-order valence-electron chi connectivity index (χ1n) is 44.2. The van der Waals surface area contributed by atoms with Gasteiger partial charge in [0.05, 0.1) is 93.4 Å². The zero-order valence-electron chi connectivity index (χ0n) is 85.9. The van der Waals surface area contributed by atoms with Gasteiger partial charge in [-0.05, 0) is 176 Å². The Bertz CT molecular complexity index is 4670. The van der Waals surface area contributed by atoms with Gasteiger partial charge < -0.3 is 114 Å². The standard InChI is InChI=1S/C24H31N7O7.C13H13N3O3.C12H22N4O5.C11H20N4O5.C10H18O5.C7H14N4O3.C4H7BrO2.C4H10N4O.CH4.Li.2H2O/c1-24(2,3)38-23(36)30(10-12-37-11-9-26-29-25)14-20(33)27-17-6-4-5-15-16(17)13-31(22(15)35)18-7-8-19(32)28-21(18)34;14-9-3-1-2-7-8(9)6-16(13(7)19)10-4-5-11(17)15-12(10)18;1-12(2,3)21-11(18)16(9-10(17)19-4)6-8-20-7-5-14-15-13;1-11(2,3)20-10(18)15(8-9(16)17)5-7-19-6-4-13-14-12;1-9(2,3)14-7(11)13-8(12)15-10(4,5)6;1-13-7(12)6-9-2-4-14-5-3-10-11-8;1-2-7-4(6)3-5;5-1-3-9-4-2-7-8-6;;;;/h4-6,18H,7-14H2,1-3H3,(H,27,33)(H,28,32,34);1-3,10H,4-6,14H2,(H,15,17,18);5-9H2,1-4H3;4-8H2,1-3H3,(H,16,17);1-6H3;9H,2-6H2,1H3;2-3H2,1H3;1-5H2;1H4;;2*1H2/q;;;;;;;;;+1;;/p-1. The molecule has 12 N–H and O–H groups in total. The van der Waals surface area contributed by atoms with Gasteiger partial charge >= 0.3 is 73.3 Å². The first kappa shape index (κ1) is 144. The predicted octanol–water partition coefficient (Wildman–Crippen LogP) is 6.14. The first-order chi connectivity index (χ1) is 67.2. The number of nitrogens with one attached hydrogen (secondary N) is 4. The molecule has 0 radical (unpaired) electrons. The van der Waals surface area contributed by atoms with Crippen LogP contribution in [0.4, 0.5) is 35.3 Å². The van der Waals surface area contributed by atoms with E-state index in [1.54, 1.807) is 147 Å². The van der Waals surface area contributed by atoms with Crippen LogP contribution in [0.15, 0.2) is 62.0 Å². The summed E-state index contributed by atoms with van der Waals surface area (Å²) in [6, 6.07) is 8.66. The molecule has 2 atom stereocenters. The molecule has 0 aromatic heterocycles. The van der Waals surface area contributed by atoms with E-state index in [1.165, 1.54) is 33.8 Å². The van der Waals surface area contributed by atoms with E-state index in [0.717, 1.165) is 10.5 Å². The Labute approximate surface area is 871 Å². The van der Waals surface area contributed by atoms with E-state index in [2.05, 4.69) is 106 Å². The summed E-state index contributed by atoms with van der Waals surface area (Å²) in [5.41, 5.74) is 50.8. The zero-order valence-corrected chi connectivity index (χ0v) is 87.5. The van der Waals surface area contributed by atoms with Gasteiger partial charge in [0.25, 0.3) is 11.8 Å². The fourth-order valence-electron chi connectivity index (χ4n) is 10.8. The number of anilines is 2. The molecule has 0 bridgehead atoms. The molecule has 10 amide bonds. The van der Waals surface area contributed by atoms with Gasteiger partial charge in [-0.3, -0.25) is 78.1 Å². The molecule has 2 unspecified atom stereocenters. The minimum atomic E-state index is -1.13. The van der Waals surface area contributed by atoms with Gasteiger partial charge in [-0.25, -0.2) is 24.0 Å². The van der Waals surface area contributed by atoms with Crippen molar-refractivity contribution in [2.75, 3.05) is 195 Å². The molecular weight excluding hydrogens is 2010 g/mol. The Morgan fingerprint density at radius 2 is 0.850 bits per heavy atom. The van der Waals surface area contributed by atoms with Crippen LogP contribution in [0.3, 0.4) is 0 Å². The smallest absolute Gasteiger partial charge is 0.870 e. The number of halogens is 1. The SMILES string of the molecule is C.CC(C)(C)OC(=O)N(CCOCCN=[N+]=[N-])CC(=O)Nc1cccc2c1CN(C1CCC(=O)NC1=O)C2=O.CC(C)(C)OC(=O)N(CCOCCN=[N+]=[N-])CC(=O)O.CC(C)(C)OC(=O)OC(=O)OC(C)(C)C.CCOC(=O)CBr.COC(=O)CN(CCOCCN=[N+]=[N-])C(=O)OC(C)(C)C.COC(=O)CNCCOCCN=[N+]=[N-].Nc1cccc2c1CN(C1CCC(=O)NC1=O)C2=O.O.[Li+].[N-]=[N+]=NCCOCCN.[OH-]. The number of esters is 3. The topological polar surface area (TPSA) is 844 Å². The fraction of sp³-hybridized carbons (Fsp3) is 0.674. The Morgan fingerprint density at radius 1 is 0.503 bits per heavy atom. The fourth-order valence-corrected chi connectivity index (χ4v) is 11.0. The van der Waals surface area contributed by atoms with Crippen molar-refractivity contribution in [1.29, 1.82) is 0 Å². The second kappa shape index (κ2) is 79.9. The molecule has 0 saturated carbocycles. The molecule has 822 valence electrons. The maximum absolute atomic E-state index is 13.0. The summed E-state index contributed by atoms with van der Waals surface area (Å²) < 4.78 is 68.6. The molecule has 0 aliphatic carbocycles. The van der Waals surface area contributed by atoms with Crippen molar-refractivity contribution < 1.29 is 178 Å². The Balaban J connectivity index is -0.000000403. The van der Waals surface area contributed by atoms with Crippen molar-refractivity contribution in [1.82, 2.24) is 40.4 Å². The Kier molecular flexibility index (Phi) is 78.4. The van der Waals surface area contributed by atoms with E-state index in [1.807, 2.05) is 0 Å². The number of nitrogens with zero attached hydrogens (tertiary/aromatic N) is 20. The molecule has 6 rings (SSSR count). The summed E-state index contributed by atoms with van der Waals surface area (Å²) in [5.74, 6) is -4.87. The normalized spacial score (nSPS) is 13.2. The molecule has 2 saturated heterocycles. The molecule has 0 spiro atoms. The van der Waals surface area contributed by atoms with E-state index in [-0.39, 0.29) is 197 Å². The van der Waals surface area contributed by atoms with Gasteiger partial charge in [-0.2, -0.15) is 0 Å². The number of alkyl halides is 1. The summed E-state index contributed by atoms with van der Waals surface area (Å²) >= 11 is 2.94. The summed E-state index contributed by atoms with van der Waals surface area (Å²) in [4.78, 5) is 205. The number of methoxy groups -OCH3 is 2. The molecule has 2 fully saturated rings. The van der Waals surface area contributed by atoms with E-state index < -0.39 is 107 Å². The molecule has 59 nitrogen and oxygen atoms in total. The predicted molar refractivity (Wildman–Crippen MR) is 525 cm³/mol. The van der Waals surface area contributed by atoms with Gasteiger partial charge in [0, 0.05) is 150 Å². The number of carboxylic acid groups (broad SMARTS) is 1. The monoisotopic (exact) mass is 2150 g/mol. The van der Waals surface area contributed by atoms with E-state index in [4.69, 9.17) is 91.6 Å². The molecule has 4 heterocycles. The van der Waals surface area contributed by atoms with Crippen LogP contribution in [0, 0.1) is 0 Å². The zero-order chi connectivity index (χ0) is 109. The van der Waals surface area contributed by atoms with Crippen molar-refractivity contribution >= 4 is 123 Å². The minimum Gasteiger partial charge on any atom is -0.870 e. The summed E-state index contributed by atoms with van der Waals surface area (Å²) in [5, 5.41) is 35.7. The second-order valence-corrected chi connectivity index (χ2v) is 34.6. The third kappa shape index (κ3) is 70.9. The average Bonchev–Trinajstić information content (AvgIpc) is 1.63. The van der Waals surface area contributed by atoms with Crippen LogP contribution >= 0.6 is 15.9 Å². The van der Waals surface area contributed by atoms with Crippen LogP contribution in [0.2, 0.25) is 0 Å². The number of carbonyl (C=O) groups excluding carboxylic acids is 15. The number of fused-ring (bicyclic) bond motifs is 2. The van der Waals surface area contributed by atoms with Gasteiger partial charge in [0.2, 0.25) is 29.5 Å². The van der Waals surface area contributed by atoms with Gasteiger partial charge in [-0.15, -0.1) is 0 Å². The molecule has 4 aliphatic rings.